The maximum Gasteiger partial charge on any atom is 0.159 e. The van der Waals surface area contributed by atoms with Gasteiger partial charge in [-0.1, -0.05) is 13.8 Å². The van der Waals surface area contributed by atoms with Crippen molar-refractivity contribution in [2.45, 2.75) is 121 Å². The maximum atomic E-state index is 13.2. The fourth-order valence-electron chi connectivity index (χ4n) is 8.32. The monoisotopic (exact) mass is 480 g/mol. The van der Waals surface area contributed by atoms with E-state index in [1.54, 1.807) is 26.8 Å². The number of fused-ring (bicyclic) bond motifs is 5. The predicted octanol–water partition coefficient (Wildman–Crippen LogP) is 1.85. The van der Waals surface area contributed by atoms with Crippen LogP contribution in [0.3, 0.4) is 0 Å². The molecule has 0 heterocycles. The lowest BCUT2D eigenvalue weighted by Gasteiger charge is -2.60. The number of ketones is 1. The van der Waals surface area contributed by atoms with Crippen LogP contribution in [0.1, 0.15) is 86.0 Å². The average molecular weight is 481 g/mol. The first-order valence-electron chi connectivity index (χ1n) is 12.9. The molecule has 4 rings (SSSR count). The Balaban J connectivity index is 1.66. The van der Waals surface area contributed by atoms with Crippen LogP contribution >= 0.6 is 0 Å². The highest BCUT2D eigenvalue weighted by Gasteiger charge is 2.69. The molecule has 34 heavy (non-hydrogen) atoms. The molecule has 7 nitrogen and oxygen atoms in total. The number of allylic oxidation sites excluding steroid dienone is 1. The van der Waals surface area contributed by atoms with E-state index in [1.165, 1.54) is 0 Å². The SMILES string of the molecule is CC(C)(O)CCC(O)[C@@](C)(O)[C@@H]1CC[C@@]2(O)C3=CC(=O)[C@@H]4CC(O)C(O)C[C@]4(C)[C@@H]3CC[C@@]12C. The van der Waals surface area contributed by atoms with Crippen molar-refractivity contribution in [3.8, 4) is 0 Å². The van der Waals surface area contributed by atoms with Crippen LogP contribution < -0.4 is 0 Å². The maximum absolute atomic E-state index is 13.2. The molecule has 0 aliphatic heterocycles. The smallest absolute Gasteiger partial charge is 0.159 e. The van der Waals surface area contributed by atoms with E-state index in [0.29, 0.717) is 44.1 Å². The van der Waals surface area contributed by atoms with E-state index in [4.69, 9.17) is 0 Å². The first kappa shape index (κ1) is 26.2. The van der Waals surface area contributed by atoms with E-state index in [1.807, 2.05) is 13.8 Å². The lowest BCUT2D eigenvalue weighted by molar-refractivity contribution is -0.177. The molecule has 0 radical (unpaired) electrons. The molecule has 10 atom stereocenters. The Morgan fingerprint density at radius 3 is 2.32 bits per heavy atom. The van der Waals surface area contributed by atoms with Gasteiger partial charge in [-0.3, -0.25) is 4.79 Å². The molecule has 3 fully saturated rings. The van der Waals surface area contributed by atoms with E-state index in [-0.39, 0.29) is 36.4 Å². The number of carbonyl (C=O) groups excluding carboxylic acids is 1. The predicted molar refractivity (Wildman–Crippen MR) is 127 cm³/mol. The standard InChI is InChI=1S/C27H44O7/c1-23(2,32)9-8-22(31)26(5,33)21-7-11-27(34)16-12-18(28)17-13-19(29)20(30)14-24(17,3)15(16)6-10-25(21,27)4/h12,15,17,19-22,29-34H,6-11,13-14H2,1-5H3/t15-,17+,19?,20?,21-,22?,24-,25+,26+,27-/m1/s1. The van der Waals surface area contributed by atoms with Gasteiger partial charge in [-0.2, -0.15) is 0 Å². The van der Waals surface area contributed by atoms with Gasteiger partial charge in [-0.05, 0) is 101 Å². The second-order valence-electron chi connectivity index (χ2n) is 13.2. The molecule has 0 aromatic heterocycles. The molecule has 3 unspecified atom stereocenters. The van der Waals surface area contributed by atoms with Crippen molar-refractivity contribution in [1.82, 2.24) is 0 Å². The molecule has 0 aromatic carbocycles. The van der Waals surface area contributed by atoms with Crippen LogP contribution in [0.2, 0.25) is 0 Å². The minimum Gasteiger partial charge on any atom is -0.390 e. The number of aliphatic hydroxyl groups is 6. The van der Waals surface area contributed by atoms with Crippen LogP contribution in [0, 0.1) is 28.6 Å². The van der Waals surface area contributed by atoms with Gasteiger partial charge in [-0.15, -0.1) is 0 Å². The Morgan fingerprint density at radius 2 is 1.71 bits per heavy atom. The molecule has 0 amide bonds. The summed E-state index contributed by atoms with van der Waals surface area (Å²) in [5.41, 5.74) is -4.27. The third kappa shape index (κ3) is 3.73. The summed E-state index contributed by atoms with van der Waals surface area (Å²) in [5, 5.41) is 65.5. The van der Waals surface area contributed by atoms with Gasteiger partial charge in [-0.25, -0.2) is 0 Å². The van der Waals surface area contributed by atoms with E-state index in [9.17, 15) is 35.4 Å². The Bertz CT molecular complexity index is 860. The fraction of sp³-hybridized carbons (Fsp3) is 0.889. The summed E-state index contributed by atoms with van der Waals surface area (Å²) in [5.74, 6) is -0.948. The summed E-state index contributed by atoms with van der Waals surface area (Å²) < 4.78 is 0. The third-order valence-corrected chi connectivity index (χ3v) is 10.5. The Labute approximate surface area is 202 Å². The van der Waals surface area contributed by atoms with Gasteiger partial charge in [0.1, 0.15) is 0 Å². The third-order valence-electron chi connectivity index (χ3n) is 10.5. The summed E-state index contributed by atoms with van der Waals surface area (Å²) >= 11 is 0. The van der Waals surface area contributed by atoms with Crippen molar-refractivity contribution < 1.29 is 35.4 Å². The van der Waals surface area contributed by atoms with Crippen LogP contribution in [0.25, 0.3) is 0 Å². The highest BCUT2D eigenvalue weighted by Crippen LogP contribution is 2.68. The van der Waals surface area contributed by atoms with E-state index in [2.05, 4.69) is 0 Å². The van der Waals surface area contributed by atoms with Crippen LogP contribution in [0.5, 0.6) is 0 Å². The Kier molecular flexibility index (Phi) is 6.24. The Hall–Kier alpha value is -0.830. The van der Waals surface area contributed by atoms with Crippen LogP contribution in [-0.4, -0.2) is 71.5 Å². The summed E-state index contributed by atoms with van der Waals surface area (Å²) in [4.78, 5) is 13.2. The van der Waals surface area contributed by atoms with E-state index >= 15 is 0 Å². The zero-order chi connectivity index (χ0) is 25.5. The van der Waals surface area contributed by atoms with Crippen molar-refractivity contribution >= 4 is 5.78 Å². The number of rotatable bonds is 5. The molecule has 3 saturated carbocycles. The summed E-state index contributed by atoms with van der Waals surface area (Å²) in [6.07, 6.45) is 2.11. The molecule has 4 aliphatic carbocycles. The zero-order valence-electron chi connectivity index (χ0n) is 21.3. The zero-order valence-corrected chi connectivity index (χ0v) is 21.3. The van der Waals surface area contributed by atoms with Gasteiger partial charge in [0.25, 0.3) is 0 Å². The molecule has 194 valence electrons. The largest absolute Gasteiger partial charge is 0.390 e. The van der Waals surface area contributed by atoms with Gasteiger partial charge >= 0.3 is 0 Å². The average Bonchev–Trinajstić information content (AvgIpc) is 3.00. The van der Waals surface area contributed by atoms with Gasteiger partial charge in [0.2, 0.25) is 0 Å². The molecule has 7 heteroatoms. The highest BCUT2D eigenvalue weighted by atomic mass is 16.3. The number of hydrogen-bond donors (Lipinski definition) is 6. The molecule has 0 bridgehead atoms. The molecule has 0 spiro atoms. The molecular formula is C27H44O7. The second kappa shape index (κ2) is 8.09. The first-order chi connectivity index (χ1) is 15.5. The lowest BCUT2D eigenvalue weighted by atomic mass is 9.45. The minimum absolute atomic E-state index is 0.0840. The molecule has 6 N–H and O–H groups in total. The second-order valence-corrected chi connectivity index (χ2v) is 13.2. The van der Waals surface area contributed by atoms with Gasteiger partial charge in [0, 0.05) is 11.3 Å². The Morgan fingerprint density at radius 1 is 1.06 bits per heavy atom. The van der Waals surface area contributed by atoms with E-state index < -0.39 is 45.9 Å². The van der Waals surface area contributed by atoms with Gasteiger partial charge in [0.15, 0.2) is 5.78 Å². The van der Waals surface area contributed by atoms with Crippen LogP contribution in [0.15, 0.2) is 11.6 Å². The number of aliphatic hydroxyl groups excluding tert-OH is 3. The van der Waals surface area contributed by atoms with Crippen molar-refractivity contribution in [2.75, 3.05) is 0 Å². The molecule has 4 aliphatic rings. The van der Waals surface area contributed by atoms with Crippen molar-refractivity contribution in [2.24, 2.45) is 28.6 Å². The summed E-state index contributed by atoms with van der Waals surface area (Å²) in [6, 6.07) is 0. The normalized spacial score (nSPS) is 47.2. The number of carbonyl (C=O) groups is 1. The van der Waals surface area contributed by atoms with Crippen molar-refractivity contribution in [3.63, 3.8) is 0 Å². The van der Waals surface area contributed by atoms with Crippen LogP contribution in [0.4, 0.5) is 0 Å². The molecule has 0 aromatic rings. The van der Waals surface area contributed by atoms with Gasteiger partial charge in [0.05, 0.1) is 35.1 Å². The molecule has 0 saturated heterocycles. The van der Waals surface area contributed by atoms with Crippen LogP contribution in [-0.2, 0) is 4.79 Å². The van der Waals surface area contributed by atoms with Crippen molar-refractivity contribution in [1.29, 1.82) is 0 Å². The molecular weight excluding hydrogens is 436 g/mol. The van der Waals surface area contributed by atoms with E-state index in [0.717, 1.165) is 0 Å². The topological polar surface area (TPSA) is 138 Å². The first-order valence-corrected chi connectivity index (χ1v) is 12.9. The number of hydrogen-bond acceptors (Lipinski definition) is 7. The summed E-state index contributed by atoms with van der Waals surface area (Å²) in [6.45, 7) is 8.96. The lowest BCUT2D eigenvalue weighted by Crippen LogP contribution is -2.62. The minimum atomic E-state index is -1.46. The fourth-order valence-corrected chi connectivity index (χ4v) is 8.32. The summed E-state index contributed by atoms with van der Waals surface area (Å²) in [7, 11) is 0. The van der Waals surface area contributed by atoms with Gasteiger partial charge < -0.3 is 30.6 Å². The quantitative estimate of drug-likeness (QED) is 0.353. The highest BCUT2D eigenvalue weighted by molar-refractivity contribution is 5.95. The van der Waals surface area contributed by atoms with Crippen molar-refractivity contribution in [3.05, 3.63) is 11.6 Å².